The van der Waals surface area contributed by atoms with Gasteiger partial charge in [0.05, 0.1) is 12.8 Å². The molecule has 2 heterocycles. The van der Waals surface area contributed by atoms with Crippen LogP contribution in [-0.4, -0.2) is 32.6 Å². The number of alkyl halides is 3. The van der Waals surface area contributed by atoms with Crippen LogP contribution in [0.15, 0.2) is 54.6 Å². The Morgan fingerprint density at radius 3 is 2.42 bits per heavy atom. The van der Waals surface area contributed by atoms with Crippen LogP contribution in [0.3, 0.4) is 0 Å². The summed E-state index contributed by atoms with van der Waals surface area (Å²) in [6.07, 6.45) is -4.74. The first kappa shape index (κ1) is 20.3. The predicted octanol–water partition coefficient (Wildman–Crippen LogP) is 4.38. The maximum atomic E-state index is 13.7. The van der Waals surface area contributed by atoms with Crippen LogP contribution < -0.4 is 10.1 Å². The molecule has 0 atom stereocenters. The van der Waals surface area contributed by atoms with Crippen LogP contribution in [0.5, 0.6) is 5.75 Å². The third kappa shape index (κ3) is 4.04. The molecule has 4 rings (SSSR count). The van der Waals surface area contributed by atoms with Crippen molar-refractivity contribution in [1.82, 2.24) is 19.6 Å². The normalized spacial score (nSPS) is 11.5. The Balaban J connectivity index is 1.78. The molecule has 2 aromatic carbocycles. The zero-order valence-electron chi connectivity index (χ0n) is 16.4. The number of ether oxygens (including phenoxy) is 1. The Hall–Kier alpha value is -3.95. The van der Waals surface area contributed by atoms with Crippen molar-refractivity contribution in [3.63, 3.8) is 0 Å². The van der Waals surface area contributed by atoms with E-state index >= 15 is 0 Å². The van der Waals surface area contributed by atoms with Gasteiger partial charge in [0.2, 0.25) is 5.82 Å². The second-order valence-electron chi connectivity index (χ2n) is 6.67. The van der Waals surface area contributed by atoms with Crippen LogP contribution in [0.1, 0.15) is 21.9 Å². The molecule has 2 aromatic heterocycles. The molecule has 0 radical (unpaired) electrons. The molecule has 0 saturated carbocycles. The Kier molecular flexibility index (Phi) is 5.05. The van der Waals surface area contributed by atoms with Gasteiger partial charge in [-0.1, -0.05) is 18.2 Å². The lowest BCUT2D eigenvalue weighted by atomic mass is 10.1. The third-order valence-corrected chi connectivity index (χ3v) is 4.58. The van der Waals surface area contributed by atoms with E-state index < -0.39 is 23.6 Å². The van der Waals surface area contributed by atoms with Crippen LogP contribution in [0.2, 0.25) is 0 Å². The summed E-state index contributed by atoms with van der Waals surface area (Å²) >= 11 is 0. The van der Waals surface area contributed by atoms with Gasteiger partial charge in [0.1, 0.15) is 5.75 Å². The SMILES string of the molecule is COc1ccc(-c2cc(C(F)(F)F)n3nc(C(=O)Nc4ccccc4C)nc3n2)cc1. The van der Waals surface area contributed by atoms with Gasteiger partial charge in [-0.2, -0.15) is 22.7 Å². The molecule has 0 unspecified atom stereocenters. The molecule has 0 aliphatic carbocycles. The Bertz CT molecular complexity index is 1270. The van der Waals surface area contributed by atoms with Crippen molar-refractivity contribution in [2.24, 2.45) is 0 Å². The van der Waals surface area contributed by atoms with Gasteiger partial charge in [-0.3, -0.25) is 4.79 Å². The van der Waals surface area contributed by atoms with E-state index in [1.54, 1.807) is 55.5 Å². The van der Waals surface area contributed by atoms with E-state index in [-0.39, 0.29) is 11.5 Å². The summed E-state index contributed by atoms with van der Waals surface area (Å²) in [6.45, 7) is 1.79. The number of amides is 1. The van der Waals surface area contributed by atoms with Gasteiger partial charge >= 0.3 is 6.18 Å². The van der Waals surface area contributed by atoms with Crippen molar-refractivity contribution in [3.8, 4) is 17.0 Å². The van der Waals surface area contributed by atoms with Gasteiger partial charge in [0.15, 0.2) is 5.69 Å². The number of halogens is 3. The number of aromatic nitrogens is 4. The number of methoxy groups -OCH3 is 1. The number of anilines is 1. The summed E-state index contributed by atoms with van der Waals surface area (Å²) in [6, 6.07) is 14.2. The Morgan fingerprint density at radius 1 is 1.06 bits per heavy atom. The zero-order chi connectivity index (χ0) is 22.2. The number of nitrogens with zero attached hydrogens (tertiary/aromatic N) is 4. The number of para-hydroxylation sites is 1. The highest BCUT2D eigenvalue weighted by molar-refractivity contribution is 6.02. The van der Waals surface area contributed by atoms with Gasteiger partial charge in [0, 0.05) is 11.3 Å². The number of nitrogens with one attached hydrogen (secondary N) is 1. The fourth-order valence-electron chi connectivity index (χ4n) is 2.97. The number of hydrogen-bond acceptors (Lipinski definition) is 5. The smallest absolute Gasteiger partial charge is 0.433 e. The van der Waals surface area contributed by atoms with Crippen LogP contribution in [-0.2, 0) is 6.18 Å². The second-order valence-corrected chi connectivity index (χ2v) is 6.67. The number of benzene rings is 2. The summed E-state index contributed by atoms with van der Waals surface area (Å²) in [5.41, 5.74) is 0.680. The van der Waals surface area contributed by atoms with Gasteiger partial charge in [0.25, 0.3) is 11.7 Å². The van der Waals surface area contributed by atoms with Crippen molar-refractivity contribution in [3.05, 3.63) is 71.7 Å². The summed E-state index contributed by atoms with van der Waals surface area (Å²) < 4.78 is 46.7. The fraction of sp³-hybridized carbons (Fsp3) is 0.143. The van der Waals surface area contributed by atoms with Crippen LogP contribution >= 0.6 is 0 Å². The summed E-state index contributed by atoms with van der Waals surface area (Å²) in [5, 5.41) is 6.36. The molecule has 10 heteroatoms. The minimum Gasteiger partial charge on any atom is -0.497 e. The molecule has 0 fully saturated rings. The number of fused-ring (bicyclic) bond motifs is 1. The van der Waals surface area contributed by atoms with Gasteiger partial charge in [-0.05, 0) is 48.9 Å². The molecule has 0 bridgehead atoms. The highest BCUT2D eigenvalue weighted by atomic mass is 19.4. The molecule has 1 N–H and O–H groups in total. The molecule has 0 saturated heterocycles. The van der Waals surface area contributed by atoms with E-state index in [9.17, 15) is 18.0 Å². The summed E-state index contributed by atoms with van der Waals surface area (Å²) in [5.74, 6) is -0.943. The van der Waals surface area contributed by atoms with Crippen molar-refractivity contribution >= 4 is 17.4 Å². The van der Waals surface area contributed by atoms with Crippen molar-refractivity contribution in [2.75, 3.05) is 12.4 Å². The summed E-state index contributed by atoms with van der Waals surface area (Å²) in [7, 11) is 1.49. The first-order chi connectivity index (χ1) is 14.8. The monoisotopic (exact) mass is 427 g/mol. The molecular formula is C21H16F3N5O2. The van der Waals surface area contributed by atoms with Crippen molar-refractivity contribution < 1.29 is 22.7 Å². The minimum absolute atomic E-state index is 0.0424. The number of carbonyl (C=O) groups excluding carboxylic acids is 1. The van der Waals surface area contributed by atoms with Gasteiger partial charge in [-0.25, -0.2) is 4.98 Å². The quantitative estimate of drug-likeness (QED) is 0.523. The van der Waals surface area contributed by atoms with E-state index in [2.05, 4.69) is 20.4 Å². The molecule has 158 valence electrons. The largest absolute Gasteiger partial charge is 0.497 e. The fourth-order valence-corrected chi connectivity index (χ4v) is 2.97. The number of aryl methyl sites for hydroxylation is 1. The first-order valence-electron chi connectivity index (χ1n) is 9.12. The molecule has 7 nitrogen and oxygen atoms in total. The Labute approximate surface area is 174 Å². The highest BCUT2D eigenvalue weighted by Gasteiger charge is 2.36. The molecular weight excluding hydrogens is 411 g/mol. The van der Waals surface area contributed by atoms with E-state index in [1.807, 2.05) is 0 Å². The molecule has 31 heavy (non-hydrogen) atoms. The average Bonchev–Trinajstić information content (AvgIpc) is 3.18. The minimum atomic E-state index is -4.74. The second kappa shape index (κ2) is 7.71. The van der Waals surface area contributed by atoms with Crippen molar-refractivity contribution in [1.29, 1.82) is 0 Å². The van der Waals surface area contributed by atoms with Crippen LogP contribution in [0.25, 0.3) is 17.0 Å². The topological polar surface area (TPSA) is 81.4 Å². The number of carbonyl (C=O) groups is 1. The van der Waals surface area contributed by atoms with E-state index in [4.69, 9.17) is 4.74 Å². The van der Waals surface area contributed by atoms with Gasteiger partial charge in [-0.15, -0.1) is 5.10 Å². The average molecular weight is 427 g/mol. The van der Waals surface area contributed by atoms with Crippen LogP contribution in [0.4, 0.5) is 18.9 Å². The standard InChI is InChI=1S/C21H16F3N5O2/c1-12-5-3-4-6-15(12)25-19(30)18-27-20-26-16(13-7-9-14(31-2)10-8-13)11-17(21(22,23)24)29(20)28-18/h3-11H,1-2H3,(H,25,30). The number of rotatable bonds is 4. The van der Waals surface area contributed by atoms with Crippen LogP contribution in [0, 0.1) is 6.92 Å². The Morgan fingerprint density at radius 2 is 1.77 bits per heavy atom. The molecule has 1 amide bonds. The summed E-state index contributed by atoms with van der Waals surface area (Å²) in [4.78, 5) is 20.7. The van der Waals surface area contributed by atoms with E-state index in [0.717, 1.165) is 11.6 Å². The van der Waals surface area contributed by atoms with E-state index in [0.29, 0.717) is 21.5 Å². The lowest BCUT2D eigenvalue weighted by Crippen LogP contribution is -2.16. The molecule has 0 aliphatic rings. The molecule has 0 aliphatic heterocycles. The zero-order valence-corrected chi connectivity index (χ0v) is 16.4. The molecule has 0 spiro atoms. The number of hydrogen-bond donors (Lipinski definition) is 1. The first-order valence-corrected chi connectivity index (χ1v) is 9.12. The predicted molar refractivity (Wildman–Crippen MR) is 107 cm³/mol. The highest BCUT2D eigenvalue weighted by Crippen LogP contribution is 2.32. The van der Waals surface area contributed by atoms with Gasteiger partial charge < -0.3 is 10.1 Å². The maximum absolute atomic E-state index is 13.7. The van der Waals surface area contributed by atoms with E-state index in [1.165, 1.54) is 7.11 Å². The molecule has 4 aromatic rings. The third-order valence-electron chi connectivity index (χ3n) is 4.58. The van der Waals surface area contributed by atoms with Crippen molar-refractivity contribution in [2.45, 2.75) is 13.1 Å². The lowest BCUT2D eigenvalue weighted by molar-refractivity contribution is -0.142. The lowest BCUT2D eigenvalue weighted by Gasteiger charge is -2.10. The maximum Gasteiger partial charge on any atom is 0.433 e.